The summed E-state index contributed by atoms with van der Waals surface area (Å²) >= 11 is 0. The smallest absolute Gasteiger partial charge is 0.338 e. The van der Waals surface area contributed by atoms with Crippen LogP contribution in [-0.4, -0.2) is 30.0 Å². The molecule has 0 aliphatic rings. The van der Waals surface area contributed by atoms with Gasteiger partial charge in [0, 0.05) is 5.56 Å². The van der Waals surface area contributed by atoms with E-state index in [2.05, 4.69) is 10.9 Å². The van der Waals surface area contributed by atoms with E-state index in [4.69, 9.17) is 9.47 Å². The van der Waals surface area contributed by atoms with Gasteiger partial charge in [0.05, 0.1) is 18.3 Å². The predicted molar refractivity (Wildman–Crippen MR) is 103 cm³/mol. The van der Waals surface area contributed by atoms with Crippen LogP contribution >= 0.6 is 0 Å². The van der Waals surface area contributed by atoms with Crippen molar-refractivity contribution in [3.8, 4) is 0 Å². The number of carbonyl (C=O) groups is 3. The normalized spacial score (nSPS) is 11.6. The third-order valence-corrected chi connectivity index (χ3v) is 3.76. The molecule has 0 radical (unpaired) electrons. The molecule has 2 aromatic carbocycles. The number of carbonyl (C=O) groups excluding carboxylic acids is 3. The summed E-state index contributed by atoms with van der Waals surface area (Å²) in [5, 5.41) is 0. The van der Waals surface area contributed by atoms with Crippen molar-refractivity contribution in [3.05, 3.63) is 71.3 Å². The van der Waals surface area contributed by atoms with E-state index in [0.29, 0.717) is 17.7 Å². The molecule has 0 unspecified atom stereocenters. The van der Waals surface area contributed by atoms with Gasteiger partial charge in [-0.25, -0.2) is 4.79 Å². The number of hydrazine groups is 1. The van der Waals surface area contributed by atoms with Crippen molar-refractivity contribution in [2.45, 2.75) is 39.6 Å². The molecule has 7 nitrogen and oxygen atoms in total. The second kappa shape index (κ2) is 10.2. The molecule has 0 saturated carbocycles. The summed E-state index contributed by atoms with van der Waals surface area (Å²) in [7, 11) is 0. The van der Waals surface area contributed by atoms with E-state index in [0.717, 1.165) is 5.56 Å². The molecule has 0 heterocycles. The van der Waals surface area contributed by atoms with Crippen LogP contribution in [0.1, 0.15) is 47.1 Å². The average Bonchev–Trinajstić information content (AvgIpc) is 2.71. The second-order valence-corrected chi connectivity index (χ2v) is 6.41. The average molecular weight is 384 g/mol. The molecule has 0 aliphatic carbocycles. The molecule has 0 fully saturated rings. The Morgan fingerprint density at radius 1 is 0.857 bits per heavy atom. The standard InChI is InChI=1S/C21H24N2O5/c1-14(2)27-13-16-9-11-18(12-10-16)21(26)28-15(3)19(24)22-23-20(25)17-7-5-4-6-8-17/h4-12,14-15H,13H2,1-3H3,(H,22,24)(H,23,25)/t15-/m0/s1. The molecule has 148 valence electrons. The highest BCUT2D eigenvalue weighted by Crippen LogP contribution is 2.09. The Balaban J connectivity index is 1.82. The summed E-state index contributed by atoms with van der Waals surface area (Å²) in [5.41, 5.74) is 6.17. The number of amides is 2. The number of hydrogen-bond donors (Lipinski definition) is 2. The van der Waals surface area contributed by atoms with E-state index in [9.17, 15) is 14.4 Å². The Hall–Kier alpha value is -3.19. The fourth-order valence-electron chi connectivity index (χ4n) is 2.16. The zero-order valence-electron chi connectivity index (χ0n) is 16.1. The zero-order chi connectivity index (χ0) is 20.5. The zero-order valence-corrected chi connectivity index (χ0v) is 16.1. The molecule has 2 amide bonds. The molecular formula is C21H24N2O5. The summed E-state index contributed by atoms with van der Waals surface area (Å²) < 4.78 is 10.6. The molecule has 1 atom stereocenters. The molecule has 2 N–H and O–H groups in total. The van der Waals surface area contributed by atoms with Gasteiger partial charge in [-0.1, -0.05) is 30.3 Å². The first-order valence-electron chi connectivity index (χ1n) is 8.93. The molecule has 0 bridgehead atoms. The van der Waals surface area contributed by atoms with Crippen LogP contribution in [0.3, 0.4) is 0 Å². The Labute approximate surface area is 164 Å². The number of ether oxygens (including phenoxy) is 2. The molecule has 28 heavy (non-hydrogen) atoms. The highest BCUT2D eigenvalue weighted by molar-refractivity contribution is 5.96. The van der Waals surface area contributed by atoms with Crippen LogP contribution in [0, 0.1) is 0 Å². The van der Waals surface area contributed by atoms with Crippen LogP contribution in [0.2, 0.25) is 0 Å². The topological polar surface area (TPSA) is 93.7 Å². The van der Waals surface area contributed by atoms with Crippen LogP contribution in [0.15, 0.2) is 54.6 Å². The SMILES string of the molecule is CC(C)OCc1ccc(C(=O)O[C@@H](C)C(=O)NNC(=O)c2ccccc2)cc1. The number of esters is 1. The lowest BCUT2D eigenvalue weighted by Crippen LogP contribution is -2.46. The van der Waals surface area contributed by atoms with Crippen LogP contribution in [0.4, 0.5) is 0 Å². The summed E-state index contributed by atoms with van der Waals surface area (Å²) in [6, 6.07) is 15.2. The van der Waals surface area contributed by atoms with Crippen LogP contribution < -0.4 is 10.9 Å². The molecule has 7 heteroatoms. The molecule has 0 aromatic heterocycles. The maximum absolute atomic E-state index is 12.2. The first-order chi connectivity index (χ1) is 13.4. The van der Waals surface area contributed by atoms with Crippen molar-refractivity contribution < 1.29 is 23.9 Å². The lowest BCUT2D eigenvalue weighted by molar-refractivity contribution is -0.129. The minimum Gasteiger partial charge on any atom is -0.449 e. The van der Waals surface area contributed by atoms with Crippen molar-refractivity contribution in [2.24, 2.45) is 0 Å². The number of nitrogens with one attached hydrogen (secondary N) is 2. The molecule has 2 rings (SSSR count). The van der Waals surface area contributed by atoms with Crippen molar-refractivity contribution in [1.82, 2.24) is 10.9 Å². The lowest BCUT2D eigenvalue weighted by Gasteiger charge is -2.14. The molecule has 0 saturated heterocycles. The lowest BCUT2D eigenvalue weighted by atomic mass is 10.1. The van der Waals surface area contributed by atoms with Gasteiger partial charge in [-0.2, -0.15) is 0 Å². The second-order valence-electron chi connectivity index (χ2n) is 6.41. The van der Waals surface area contributed by atoms with Crippen molar-refractivity contribution >= 4 is 17.8 Å². The first kappa shape index (κ1) is 21.1. The fourth-order valence-corrected chi connectivity index (χ4v) is 2.16. The van der Waals surface area contributed by atoms with E-state index in [-0.39, 0.29) is 6.10 Å². The van der Waals surface area contributed by atoms with Gasteiger partial charge in [-0.15, -0.1) is 0 Å². The fraction of sp³-hybridized carbons (Fsp3) is 0.286. The van der Waals surface area contributed by atoms with Crippen molar-refractivity contribution in [1.29, 1.82) is 0 Å². The number of benzene rings is 2. The van der Waals surface area contributed by atoms with Crippen molar-refractivity contribution in [3.63, 3.8) is 0 Å². The highest BCUT2D eigenvalue weighted by atomic mass is 16.5. The molecule has 2 aromatic rings. The predicted octanol–water partition coefficient (Wildman–Crippen LogP) is 2.62. The summed E-state index contributed by atoms with van der Waals surface area (Å²) in [4.78, 5) is 36.1. The van der Waals surface area contributed by atoms with E-state index in [1.165, 1.54) is 6.92 Å². The summed E-state index contributed by atoms with van der Waals surface area (Å²) in [6.45, 7) is 5.76. The van der Waals surface area contributed by atoms with Gasteiger partial charge < -0.3 is 9.47 Å². The van der Waals surface area contributed by atoms with E-state index >= 15 is 0 Å². The maximum Gasteiger partial charge on any atom is 0.338 e. The Morgan fingerprint density at radius 2 is 1.50 bits per heavy atom. The maximum atomic E-state index is 12.2. The van der Waals surface area contributed by atoms with Crippen LogP contribution in [0.5, 0.6) is 0 Å². The Morgan fingerprint density at radius 3 is 2.11 bits per heavy atom. The van der Waals surface area contributed by atoms with E-state index in [1.807, 2.05) is 13.8 Å². The van der Waals surface area contributed by atoms with Gasteiger partial charge in [0.2, 0.25) is 0 Å². The van der Waals surface area contributed by atoms with Gasteiger partial charge in [-0.05, 0) is 50.6 Å². The van der Waals surface area contributed by atoms with Crippen LogP contribution in [0.25, 0.3) is 0 Å². The summed E-state index contributed by atoms with van der Waals surface area (Å²) in [5.74, 6) is -1.74. The monoisotopic (exact) mass is 384 g/mol. The third kappa shape index (κ3) is 6.51. The van der Waals surface area contributed by atoms with Crippen molar-refractivity contribution in [2.75, 3.05) is 0 Å². The van der Waals surface area contributed by atoms with Crippen LogP contribution in [-0.2, 0) is 20.9 Å². The number of hydrogen-bond acceptors (Lipinski definition) is 5. The first-order valence-corrected chi connectivity index (χ1v) is 8.93. The van der Waals surface area contributed by atoms with Gasteiger partial charge in [0.1, 0.15) is 0 Å². The van der Waals surface area contributed by atoms with Gasteiger partial charge in [0.15, 0.2) is 6.10 Å². The molecule has 0 spiro atoms. The minimum absolute atomic E-state index is 0.117. The minimum atomic E-state index is -1.08. The Bertz CT molecular complexity index is 803. The Kier molecular flexibility index (Phi) is 7.71. The number of rotatable bonds is 7. The van der Waals surface area contributed by atoms with Gasteiger partial charge in [-0.3, -0.25) is 20.4 Å². The molecular weight excluding hydrogens is 360 g/mol. The van der Waals surface area contributed by atoms with E-state index < -0.39 is 23.9 Å². The highest BCUT2D eigenvalue weighted by Gasteiger charge is 2.19. The quantitative estimate of drug-likeness (QED) is 0.565. The van der Waals surface area contributed by atoms with Gasteiger partial charge in [0.25, 0.3) is 11.8 Å². The molecule has 0 aliphatic heterocycles. The van der Waals surface area contributed by atoms with Gasteiger partial charge >= 0.3 is 5.97 Å². The summed E-state index contributed by atoms with van der Waals surface area (Å²) in [6.07, 6.45) is -0.959. The van der Waals surface area contributed by atoms with E-state index in [1.54, 1.807) is 54.6 Å². The largest absolute Gasteiger partial charge is 0.449 e. The third-order valence-electron chi connectivity index (χ3n) is 3.76.